The summed E-state index contributed by atoms with van der Waals surface area (Å²) in [6, 6.07) is 4.47. The molecule has 0 unspecified atom stereocenters. The van der Waals surface area contributed by atoms with Crippen molar-refractivity contribution in [3.05, 3.63) is 46.8 Å². The summed E-state index contributed by atoms with van der Waals surface area (Å²) in [4.78, 5) is 8.35. The second-order valence-corrected chi connectivity index (χ2v) is 6.49. The minimum Gasteiger partial charge on any atom is -0.356 e. The summed E-state index contributed by atoms with van der Waals surface area (Å²) in [6.45, 7) is 5.16. The fraction of sp³-hybridized carbons (Fsp3) is 0.438. The molecule has 25 heavy (non-hydrogen) atoms. The molecule has 0 saturated carbocycles. The zero-order valence-corrected chi connectivity index (χ0v) is 17.8. The van der Waals surface area contributed by atoms with Gasteiger partial charge in [0.25, 0.3) is 0 Å². The van der Waals surface area contributed by atoms with Crippen LogP contribution in [0.1, 0.15) is 25.2 Å². The fourth-order valence-corrected chi connectivity index (χ4v) is 2.72. The molecule has 138 valence electrons. The molecule has 0 spiro atoms. The van der Waals surface area contributed by atoms with Crippen LogP contribution in [0.25, 0.3) is 0 Å². The molecule has 0 aliphatic rings. The number of halogens is 3. The summed E-state index contributed by atoms with van der Waals surface area (Å²) in [7, 11) is 3.53. The van der Waals surface area contributed by atoms with Gasteiger partial charge in [0.1, 0.15) is 18.0 Å². The molecule has 2 N–H and O–H groups in total. The van der Waals surface area contributed by atoms with Gasteiger partial charge in [-0.25, -0.2) is 9.37 Å². The molecule has 1 heterocycles. The van der Waals surface area contributed by atoms with Crippen LogP contribution >= 0.6 is 35.6 Å². The van der Waals surface area contributed by atoms with Gasteiger partial charge in [0, 0.05) is 31.1 Å². The number of aliphatic imine (C=N–C) groups is 1. The van der Waals surface area contributed by atoms with Gasteiger partial charge in [-0.3, -0.25) is 9.67 Å². The Morgan fingerprint density at radius 1 is 1.36 bits per heavy atom. The first kappa shape index (κ1) is 21.6. The van der Waals surface area contributed by atoms with E-state index in [-0.39, 0.29) is 35.2 Å². The Bertz CT molecular complexity index is 731. The zero-order valence-electron chi connectivity index (χ0n) is 14.7. The summed E-state index contributed by atoms with van der Waals surface area (Å²) in [5.74, 6) is 1.11. The Kier molecular flexibility index (Phi) is 8.07. The highest BCUT2D eigenvalue weighted by atomic mass is 127. The molecular weight excluding hydrogens is 458 g/mol. The normalized spacial score (nSPS) is 11.8. The van der Waals surface area contributed by atoms with Gasteiger partial charge >= 0.3 is 0 Å². The predicted molar refractivity (Wildman–Crippen MR) is 109 cm³/mol. The summed E-state index contributed by atoms with van der Waals surface area (Å²) in [6.07, 6.45) is 1.51. The summed E-state index contributed by atoms with van der Waals surface area (Å²) < 4.78 is 14.9. The molecule has 6 nitrogen and oxygen atoms in total. The topological polar surface area (TPSA) is 67.1 Å². The maximum Gasteiger partial charge on any atom is 0.191 e. The fourth-order valence-electron chi connectivity index (χ4n) is 2.30. The van der Waals surface area contributed by atoms with Crippen LogP contribution in [-0.2, 0) is 19.0 Å². The van der Waals surface area contributed by atoms with Crippen molar-refractivity contribution in [1.29, 1.82) is 0 Å². The number of aromatic nitrogens is 3. The largest absolute Gasteiger partial charge is 0.356 e. The molecule has 0 bridgehead atoms. The van der Waals surface area contributed by atoms with Crippen LogP contribution in [0.4, 0.5) is 4.39 Å². The Balaban J connectivity index is 0.00000312. The lowest BCUT2D eigenvalue weighted by molar-refractivity contribution is 0.506. The Morgan fingerprint density at radius 2 is 2.08 bits per heavy atom. The van der Waals surface area contributed by atoms with Crippen LogP contribution in [-0.4, -0.2) is 34.3 Å². The number of benzene rings is 1. The molecule has 1 aromatic heterocycles. The van der Waals surface area contributed by atoms with Crippen molar-refractivity contribution < 1.29 is 4.39 Å². The number of nitrogens with zero attached hydrogens (tertiary/aromatic N) is 4. The van der Waals surface area contributed by atoms with E-state index >= 15 is 0 Å². The van der Waals surface area contributed by atoms with Crippen molar-refractivity contribution in [2.45, 2.75) is 25.8 Å². The van der Waals surface area contributed by atoms with Crippen molar-refractivity contribution in [3.63, 3.8) is 0 Å². The Hall–Kier alpha value is -1.42. The molecule has 1 aromatic carbocycles. The standard InChI is InChI=1S/C16H22ClFN6.HI/c1-16(2,12-6-5-11(18)7-13(12)17)9-21-15(19-3)20-8-14-22-10-23-24(14)4;/h5-7,10H,8-9H2,1-4H3,(H2,19,20,21);1H. The SMILES string of the molecule is CN=C(NCc1ncnn1C)NCC(C)(C)c1ccc(F)cc1Cl.I. The number of guanidine groups is 1. The van der Waals surface area contributed by atoms with Gasteiger partial charge in [-0.1, -0.05) is 31.5 Å². The molecule has 0 saturated heterocycles. The summed E-state index contributed by atoms with van der Waals surface area (Å²) in [5.41, 5.74) is 0.578. The van der Waals surface area contributed by atoms with Gasteiger partial charge in [0.05, 0.1) is 6.54 Å². The third-order valence-electron chi connectivity index (χ3n) is 3.80. The first-order valence-electron chi connectivity index (χ1n) is 7.56. The van der Waals surface area contributed by atoms with Crippen LogP contribution in [0, 0.1) is 5.82 Å². The van der Waals surface area contributed by atoms with Gasteiger partial charge in [0.15, 0.2) is 5.96 Å². The number of nitrogens with one attached hydrogen (secondary N) is 2. The van der Waals surface area contributed by atoms with Gasteiger partial charge in [-0.2, -0.15) is 5.10 Å². The summed E-state index contributed by atoms with van der Waals surface area (Å²) in [5, 5.41) is 10.9. The van der Waals surface area contributed by atoms with Crippen molar-refractivity contribution in [2.24, 2.45) is 12.0 Å². The molecule has 2 aromatic rings. The van der Waals surface area contributed by atoms with Crippen molar-refractivity contribution >= 4 is 41.5 Å². The first-order chi connectivity index (χ1) is 11.3. The minimum atomic E-state index is -0.339. The molecule has 0 radical (unpaired) electrons. The lowest BCUT2D eigenvalue weighted by Gasteiger charge is -2.27. The van der Waals surface area contributed by atoms with E-state index in [1.54, 1.807) is 17.8 Å². The first-order valence-corrected chi connectivity index (χ1v) is 7.94. The van der Waals surface area contributed by atoms with Gasteiger partial charge in [-0.15, -0.1) is 24.0 Å². The highest BCUT2D eigenvalue weighted by Crippen LogP contribution is 2.29. The third-order valence-corrected chi connectivity index (χ3v) is 4.11. The monoisotopic (exact) mass is 480 g/mol. The van der Waals surface area contributed by atoms with E-state index in [2.05, 4.69) is 25.7 Å². The van der Waals surface area contributed by atoms with Gasteiger partial charge in [-0.05, 0) is 17.7 Å². The molecule has 0 aliphatic heterocycles. The van der Waals surface area contributed by atoms with E-state index in [4.69, 9.17) is 11.6 Å². The minimum absolute atomic E-state index is 0. The lowest BCUT2D eigenvalue weighted by Crippen LogP contribution is -2.43. The van der Waals surface area contributed by atoms with Crippen LogP contribution < -0.4 is 10.6 Å². The van der Waals surface area contributed by atoms with Crippen molar-refractivity contribution in [1.82, 2.24) is 25.4 Å². The third kappa shape index (κ3) is 5.81. The maximum atomic E-state index is 13.2. The smallest absolute Gasteiger partial charge is 0.191 e. The molecule has 9 heteroatoms. The number of hydrogen-bond donors (Lipinski definition) is 2. The van der Waals surface area contributed by atoms with E-state index < -0.39 is 0 Å². The maximum absolute atomic E-state index is 13.2. The average Bonchev–Trinajstić information content (AvgIpc) is 2.92. The van der Waals surface area contributed by atoms with Crippen LogP contribution in [0.5, 0.6) is 0 Å². The second-order valence-electron chi connectivity index (χ2n) is 6.09. The van der Waals surface area contributed by atoms with Crippen LogP contribution in [0.15, 0.2) is 29.5 Å². The Labute approximate surface area is 169 Å². The van der Waals surface area contributed by atoms with Crippen LogP contribution in [0.3, 0.4) is 0 Å². The van der Waals surface area contributed by atoms with E-state index in [1.165, 1.54) is 18.5 Å². The zero-order chi connectivity index (χ0) is 17.7. The number of rotatable bonds is 5. The second kappa shape index (κ2) is 9.33. The highest BCUT2D eigenvalue weighted by Gasteiger charge is 2.24. The van der Waals surface area contributed by atoms with Gasteiger partial charge < -0.3 is 10.6 Å². The quantitative estimate of drug-likeness (QED) is 0.392. The highest BCUT2D eigenvalue weighted by molar-refractivity contribution is 14.0. The molecule has 0 amide bonds. The summed E-state index contributed by atoms with van der Waals surface area (Å²) >= 11 is 6.18. The molecular formula is C16H23ClFIN6. The lowest BCUT2D eigenvalue weighted by atomic mass is 9.84. The van der Waals surface area contributed by atoms with Crippen molar-refractivity contribution in [3.8, 4) is 0 Å². The van der Waals surface area contributed by atoms with Crippen molar-refractivity contribution in [2.75, 3.05) is 13.6 Å². The number of hydrogen-bond acceptors (Lipinski definition) is 3. The average molecular weight is 481 g/mol. The van der Waals surface area contributed by atoms with Crippen LogP contribution in [0.2, 0.25) is 5.02 Å². The van der Waals surface area contributed by atoms with E-state index in [9.17, 15) is 4.39 Å². The molecule has 0 atom stereocenters. The van der Waals surface area contributed by atoms with Gasteiger partial charge in [0.2, 0.25) is 0 Å². The van der Waals surface area contributed by atoms with E-state index in [0.29, 0.717) is 24.1 Å². The van der Waals surface area contributed by atoms with E-state index in [1.807, 2.05) is 20.9 Å². The Morgan fingerprint density at radius 3 is 2.64 bits per heavy atom. The number of aryl methyl sites for hydroxylation is 1. The predicted octanol–water partition coefficient (Wildman–Crippen LogP) is 2.87. The molecule has 0 fully saturated rings. The van der Waals surface area contributed by atoms with E-state index in [0.717, 1.165) is 11.4 Å². The molecule has 0 aliphatic carbocycles. The molecule has 2 rings (SSSR count).